The molecule has 0 aliphatic carbocycles. The van der Waals surface area contributed by atoms with E-state index >= 15 is 0 Å². The third-order valence-electron chi connectivity index (χ3n) is 2.49. The van der Waals surface area contributed by atoms with E-state index < -0.39 is 0 Å². The van der Waals surface area contributed by atoms with E-state index in [-0.39, 0.29) is 11.5 Å². The van der Waals surface area contributed by atoms with E-state index in [1.807, 2.05) is 6.92 Å². The highest BCUT2D eigenvalue weighted by Gasteiger charge is 2.10. The topological polar surface area (TPSA) is 101 Å². The van der Waals surface area contributed by atoms with Crippen molar-refractivity contribution < 1.29 is 9.47 Å². The summed E-state index contributed by atoms with van der Waals surface area (Å²) in [6.07, 6.45) is 2.56. The number of rotatable bonds is 6. The predicted octanol–water partition coefficient (Wildman–Crippen LogP) is 1.67. The van der Waals surface area contributed by atoms with Gasteiger partial charge in [-0.15, -0.1) is 10.2 Å². The molecule has 0 aliphatic rings. The number of ether oxygens (including phenoxy) is 2. The minimum absolute atomic E-state index is 0.133. The summed E-state index contributed by atoms with van der Waals surface area (Å²) in [6.45, 7) is 2.34. The van der Waals surface area contributed by atoms with Crippen LogP contribution in [0.5, 0.6) is 11.5 Å². The second-order valence-electron chi connectivity index (χ2n) is 4.02. The van der Waals surface area contributed by atoms with Crippen molar-refractivity contribution in [1.29, 1.82) is 0 Å². The molecule has 0 atom stereocenters. The first-order valence-electron chi connectivity index (χ1n) is 6.35. The van der Waals surface area contributed by atoms with Crippen molar-refractivity contribution in [2.75, 3.05) is 19.1 Å². The summed E-state index contributed by atoms with van der Waals surface area (Å²) in [5, 5.41) is 11.5. The molecule has 2 aromatic rings. The van der Waals surface area contributed by atoms with Gasteiger partial charge in [0, 0.05) is 0 Å². The molecule has 0 aliphatic heterocycles. The molecule has 0 saturated carbocycles. The Labute approximate surface area is 131 Å². The van der Waals surface area contributed by atoms with Crippen LogP contribution >= 0.6 is 11.6 Å². The van der Waals surface area contributed by atoms with Crippen LogP contribution in [-0.2, 0) is 0 Å². The molecule has 1 aromatic carbocycles. The molecule has 0 unspecified atom stereocenters. The van der Waals surface area contributed by atoms with Gasteiger partial charge in [0.25, 0.3) is 5.56 Å². The molecule has 22 heavy (non-hydrogen) atoms. The van der Waals surface area contributed by atoms with Crippen LogP contribution in [0.2, 0.25) is 5.02 Å². The molecule has 0 fully saturated rings. The van der Waals surface area contributed by atoms with Crippen LogP contribution in [-0.4, -0.2) is 35.1 Å². The summed E-state index contributed by atoms with van der Waals surface area (Å²) in [6, 6.07) is 3.41. The van der Waals surface area contributed by atoms with Crippen LogP contribution in [0.3, 0.4) is 0 Å². The standard InChI is InChI=1S/C13H14ClN5O3/c1-3-22-10-5-8(4-9(14)12(10)21-2)6-15-18-13-17-11(20)7-16-19-13/h4-7H,3H2,1-2H3,(H2,17,18,19,20)/b15-6+. The Morgan fingerprint density at radius 2 is 2.32 bits per heavy atom. The SMILES string of the molecule is CCOc1cc(/C=N/Nc2nncc(=O)[nH]2)cc(Cl)c1OC. The maximum atomic E-state index is 11.1. The summed E-state index contributed by atoms with van der Waals surface area (Å²) >= 11 is 6.13. The van der Waals surface area contributed by atoms with Crippen LogP contribution < -0.4 is 20.5 Å². The van der Waals surface area contributed by atoms with Gasteiger partial charge in [0.1, 0.15) is 6.20 Å². The van der Waals surface area contributed by atoms with Gasteiger partial charge in [0.15, 0.2) is 11.5 Å². The fraction of sp³-hybridized carbons (Fsp3) is 0.231. The second kappa shape index (κ2) is 7.41. The van der Waals surface area contributed by atoms with Crippen LogP contribution in [0.15, 0.2) is 28.2 Å². The van der Waals surface area contributed by atoms with Crippen molar-refractivity contribution in [2.24, 2.45) is 5.10 Å². The number of methoxy groups -OCH3 is 1. The van der Waals surface area contributed by atoms with Gasteiger partial charge < -0.3 is 9.47 Å². The number of H-pyrrole nitrogens is 1. The number of nitrogens with zero attached hydrogens (tertiary/aromatic N) is 3. The fourth-order valence-electron chi connectivity index (χ4n) is 1.65. The minimum atomic E-state index is -0.376. The highest BCUT2D eigenvalue weighted by Crippen LogP contribution is 2.35. The third-order valence-corrected chi connectivity index (χ3v) is 2.77. The first-order valence-corrected chi connectivity index (χ1v) is 6.73. The van der Waals surface area contributed by atoms with Gasteiger partial charge >= 0.3 is 0 Å². The molecule has 1 heterocycles. The Balaban J connectivity index is 2.18. The Bertz CT molecular complexity index is 732. The number of halogens is 1. The summed E-state index contributed by atoms with van der Waals surface area (Å²) in [5.41, 5.74) is 2.87. The normalized spacial score (nSPS) is 10.7. The minimum Gasteiger partial charge on any atom is -0.491 e. The van der Waals surface area contributed by atoms with Crippen LogP contribution in [0, 0.1) is 0 Å². The number of hydrogen-bond donors (Lipinski definition) is 2. The van der Waals surface area contributed by atoms with Gasteiger partial charge in [-0.25, -0.2) is 5.43 Å². The number of hydrazone groups is 1. The molecule has 1 aromatic heterocycles. The van der Waals surface area contributed by atoms with Gasteiger partial charge in [-0.1, -0.05) is 11.6 Å². The Kier molecular flexibility index (Phi) is 5.31. The smallest absolute Gasteiger partial charge is 0.271 e. The molecule has 2 rings (SSSR count). The van der Waals surface area contributed by atoms with Crippen LogP contribution in [0.4, 0.5) is 5.95 Å². The van der Waals surface area contributed by atoms with E-state index in [1.165, 1.54) is 13.3 Å². The van der Waals surface area contributed by atoms with Gasteiger partial charge in [-0.05, 0) is 24.6 Å². The zero-order valence-electron chi connectivity index (χ0n) is 12.0. The molecule has 0 amide bonds. The summed E-state index contributed by atoms with van der Waals surface area (Å²) < 4.78 is 10.7. The quantitative estimate of drug-likeness (QED) is 0.619. The Hall–Kier alpha value is -2.61. The number of hydrogen-bond acceptors (Lipinski definition) is 7. The van der Waals surface area contributed by atoms with Crippen molar-refractivity contribution in [1.82, 2.24) is 15.2 Å². The lowest BCUT2D eigenvalue weighted by Crippen LogP contribution is -2.10. The fourth-order valence-corrected chi connectivity index (χ4v) is 1.95. The molecule has 9 heteroatoms. The van der Waals surface area contributed by atoms with E-state index in [9.17, 15) is 4.79 Å². The largest absolute Gasteiger partial charge is 0.491 e. The van der Waals surface area contributed by atoms with Gasteiger partial charge in [0.05, 0.1) is 25.0 Å². The average Bonchev–Trinajstić information content (AvgIpc) is 2.47. The predicted molar refractivity (Wildman–Crippen MR) is 83.0 cm³/mol. The molecule has 0 spiro atoms. The lowest BCUT2D eigenvalue weighted by atomic mass is 10.2. The monoisotopic (exact) mass is 323 g/mol. The number of anilines is 1. The van der Waals surface area contributed by atoms with Gasteiger partial charge in [-0.3, -0.25) is 9.78 Å². The number of aromatic amines is 1. The van der Waals surface area contributed by atoms with Crippen molar-refractivity contribution in [2.45, 2.75) is 6.92 Å². The summed E-state index contributed by atoms with van der Waals surface area (Å²) in [5.74, 6) is 1.12. The van der Waals surface area contributed by atoms with E-state index in [1.54, 1.807) is 12.1 Å². The molecule has 8 nitrogen and oxygen atoms in total. The lowest BCUT2D eigenvalue weighted by Gasteiger charge is -2.11. The molecular formula is C13H14ClN5O3. The van der Waals surface area contributed by atoms with Gasteiger partial charge in [0.2, 0.25) is 5.95 Å². The van der Waals surface area contributed by atoms with Crippen molar-refractivity contribution >= 4 is 23.8 Å². The van der Waals surface area contributed by atoms with E-state index in [2.05, 4.69) is 25.7 Å². The number of benzene rings is 1. The first kappa shape index (κ1) is 15.8. The molecule has 0 saturated heterocycles. The molecular weight excluding hydrogens is 310 g/mol. The first-order chi connectivity index (χ1) is 10.6. The zero-order valence-corrected chi connectivity index (χ0v) is 12.7. The summed E-state index contributed by atoms with van der Waals surface area (Å²) in [7, 11) is 1.52. The third kappa shape index (κ3) is 3.95. The summed E-state index contributed by atoms with van der Waals surface area (Å²) in [4.78, 5) is 13.5. The Morgan fingerprint density at radius 3 is 3.00 bits per heavy atom. The van der Waals surface area contributed by atoms with E-state index in [0.717, 1.165) is 6.20 Å². The highest BCUT2D eigenvalue weighted by molar-refractivity contribution is 6.32. The van der Waals surface area contributed by atoms with Crippen LogP contribution in [0.25, 0.3) is 0 Å². The number of aromatic nitrogens is 3. The molecule has 0 radical (unpaired) electrons. The van der Waals surface area contributed by atoms with Crippen molar-refractivity contribution in [3.63, 3.8) is 0 Å². The second-order valence-corrected chi connectivity index (χ2v) is 4.43. The zero-order chi connectivity index (χ0) is 15.9. The van der Waals surface area contributed by atoms with Crippen molar-refractivity contribution in [3.05, 3.63) is 39.3 Å². The maximum absolute atomic E-state index is 11.1. The molecule has 0 bridgehead atoms. The maximum Gasteiger partial charge on any atom is 0.271 e. The Morgan fingerprint density at radius 1 is 1.50 bits per heavy atom. The number of nitrogens with one attached hydrogen (secondary N) is 2. The van der Waals surface area contributed by atoms with Crippen molar-refractivity contribution in [3.8, 4) is 11.5 Å². The highest BCUT2D eigenvalue weighted by atomic mass is 35.5. The van der Waals surface area contributed by atoms with Gasteiger partial charge in [-0.2, -0.15) is 5.10 Å². The average molecular weight is 324 g/mol. The molecule has 2 N–H and O–H groups in total. The van der Waals surface area contributed by atoms with E-state index in [0.29, 0.717) is 28.7 Å². The lowest BCUT2D eigenvalue weighted by molar-refractivity contribution is 0.311. The van der Waals surface area contributed by atoms with E-state index in [4.69, 9.17) is 21.1 Å². The van der Waals surface area contributed by atoms with Crippen LogP contribution in [0.1, 0.15) is 12.5 Å². The molecule has 116 valence electrons.